The molecule has 28 heavy (non-hydrogen) atoms. The first-order valence-corrected chi connectivity index (χ1v) is 12.5. The molecule has 4 atom stereocenters. The van der Waals surface area contributed by atoms with Gasteiger partial charge in [0.25, 0.3) is 0 Å². The molecule has 0 rings (SSSR count). The zero-order valence-electron chi connectivity index (χ0n) is 22.3. The fourth-order valence-corrected chi connectivity index (χ4v) is 5.69. The Kier molecular flexibility index (Phi) is 11.4. The Bertz CT molecular complexity index is 406. The third-order valence-electron chi connectivity index (χ3n) is 7.86. The zero-order valence-corrected chi connectivity index (χ0v) is 22.3. The Labute approximate surface area is 181 Å². The molecule has 0 heterocycles. The Balaban J connectivity index is 4.34. The van der Waals surface area contributed by atoms with Crippen molar-refractivity contribution in [3.63, 3.8) is 0 Å². The Hall–Kier alpha value is 0. The first-order valence-electron chi connectivity index (χ1n) is 12.5. The molecule has 0 amide bonds. The van der Waals surface area contributed by atoms with E-state index in [1.54, 1.807) is 0 Å². The molecule has 0 saturated carbocycles. The normalized spacial score (nSPS) is 18.2. The van der Waals surface area contributed by atoms with Gasteiger partial charge in [-0.25, -0.2) is 0 Å². The minimum Gasteiger partial charge on any atom is -0.0625 e. The molecule has 170 valence electrons. The van der Waals surface area contributed by atoms with Crippen molar-refractivity contribution < 1.29 is 0 Å². The lowest BCUT2D eigenvalue weighted by molar-refractivity contribution is 0.0478. The van der Waals surface area contributed by atoms with Gasteiger partial charge >= 0.3 is 0 Å². The maximum Gasteiger partial charge on any atom is -0.0318 e. The van der Waals surface area contributed by atoms with E-state index in [0.717, 1.165) is 29.6 Å². The molecule has 0 heteroatoms. The number of hydrogen-bond donors (Lipinski definition) is 0. The standard InChI is InChI=1S/C28H58/c1-21(2)24(5)18-22(3)16-14-15-17-23(4)19-27(10,11)20-28(12,13)25(6)26(7,8)9/h21-25H,14-20H2,1-13H3. The van der Waals surface area contributed by atoms with Crippen molar-refractivity contribution in [2.75, 3.05) is 0 Å². The number of rotatable bonds is 13. The van der Waals surface area contributed by atoms with Gasteiger partial charge in [-0.3, -0.25) is 0 Å². The van der Waals surface area contributed by atoms with E-state index >= 15 is 0 Å². The van der Waals surface area contributed by atoms with E-state index in [1.165, 1.54) is 44.9 Å². The van der Waals surface area contributed by atoms with Crippen LogP contribution in [0.2, 0.25) is 0 Å². The van der Waals surface area contributed by atoms with E-state index in [2.05, 4.69) is 90.0 Å². The van der Waals surface area contributed by atoms with Crippen LogP contribution in [0.4, 0.5) is 0 Å². The van der Waals surface area contributed by atoms with Gasteiger partial charge < -0.3 is 0 Å². The van der Waals surface area contributed by atoms with E-state index in [4.69, 9.17) is 0 Å². The molecule has 0 aliphatic heterocycles. The first kappa shape index (κ1) is 28.0. The van der Waals surface area contributed by atoms with E-state index in [0.29, 0.717) is 16.2 Å². The van der Waals surface area contributed by atoms with Gasteiger partial charge in [0.05, 0.1) is 0 Å². The molecule has 0 radical (unpaired) electrons. The second-order valence-electron chi connectivity index (χ2n) is 13.6. The highest BCUT2D eigenvalue weighted by Crippen LogP contribution is 2.48. The number of hydrogen-bond acceptors (Lipinski definition) is 0. The summed E-state index contributed by atoms with van der Waals surface area (Å²) in [4.78, 5) is 0. The molecular weight excluding hydrogens is 336 g/mol. The molecular formula is C28H58. The predicted molar refractivity (Wildman–Crippen MR) is 131 cm³/mol. The fourth-order valence-electron chi connectivity index (χ4n) is 5.69. The minimum absolute atomic E-state index is 0.384. The summed E-state index contributed by atoms with van der Waals surface area (Å²) in [6.45, 7) is 31.8. The third-order valence-corrected chi connectivity index (χ3v) is 7.86. The van der Waals surface area contributed by atoms with Crippen LogP contribution in [0, 0.1) is 45.8 Å². The highest BCUT2D eigenvalue weighted by molar-refractivity contribution is 4.88. The molecule has 0 aromatic rings. The molecule has 0 fully saturated rings. The van der Waals surface area contributed by atoms with Crippen molar-refractivity contribution in [2.45, 2.75) is 135 Å². The molecule has 0 aromatic heterocycles. The highest BCUT2D eigenvalue weighted by Gasteiger charge is 2.38. The van der Waals surface area contributed by atoms with Crippen LogP contribution < -0.4 is 0 Å². The van der Waals surface area contributed by atoms with Crippen molar-refractivity contribution in [1.82, 2.24) is 0 Å². The summed E-state index contributed by atoms with van der Waals surface area (Å²) in [6, 6.07) is 0. The molecule has 4 unspecified atom stereocenters. The Morgan fingerprint density at radius 2 is 1.11 bits per heavy atom. The first-order chi connectivity index (χ1) is 12.5. The van der Waals surface area contributed by atoms with Gasteiger partial charge in [0.1, 0.15) is 0 Å². The zero-order chi connectivity index (χ0) is 22.3. The van der Waals surface area contributed by atoms with Crippen LogP contribution in [0.5, 0.6) is 0 Å². The van der Waals surface area contributed by atoms with Gasteiger partial charge in [-0.2, -0.15) is 0 Å². The average Bonchev–Trinajstić information content (AvgIpc) is 2.48. The lowest BCUT2D eigenvalue weighted by Gasteiger charge is -2.45. The quantitative estimate of drug-likeness (QED) is 0.272. The molecule has 0 bridgehead atoms. The molecule has 0 aliphatic rings. The molecule has 0 saturated heterocycles. The monoisotopic (exact) mass is 394 g/mol. The van der Waals surface area contributed by atoms with Crippen molar-refractivity contribution in [1.29, 1.82) is 0 Å². The second-order valence-corrected chi connectivity index (χ2v) is 13.6. The van der Waals surface area contributed by atoms with Crippen molar-refractivity contribution in [2.24, 2.45) is 45.8 Å². The maximum absolute atomic E-state index is 2.51. The van der Waals surface area contributed by atoms with Crippen LogP contribution in [-0.2, 0) is 0 Å². The summed E-state index contributed by atoms with van der Waals surface area (Å²) in [6.07, 6.45) is 9.76. The summed E-state index contributed by atoms with van der Waals surface area (Å²) in [5.41, 5.74) is 1.21. The highest BCUT2D eigenvalue weighted by atomic mass is 14.4. The van der Waals surface area contributed by atoms with Gasteiger partial charge in [0.2, 0.25) is 0 Å². The summed E-state index contributed by atoms with van der Waals surface area (Å²) in [7, 11) is 0. The fraction of sp³-hybridized carbons (Fsp3) is 1.00. The summed E-state index contributed by atoms with van der Waals surface area (Å²) in [5.74, 6) is 4.16. The van der Waals surface area contributed by atoms with Crippen LogP contribution in [0.1, 0.15) is 135 Å². The van der Waals surface area contributed by atoms with Gasteiger partial charge in [-0.15, -0.1) is 0 Å². The predicted octanol–water partition coefficient (Wildman–Crippen LogP) is 10.0. The van der Waals surface area contributed by atoms with Crippen molar-refractivity contribution in [3.05, 3.63) is 0 Å². The smallest absolute Gasteiger partial charge is 0.0318 e. The summed E-state index contributed by atoms with van der Waals surface area (Å²) in [5, 5.41) is 0. The van der Waals surface area contributed by atoms with Crippen LogP contribution in [-0.4, -0.2) is 0 Å². The van der Waals surface area contributed by atoms with Crippen LogP contribution in [0.15, 0.2) is 0 Å². The molecule has 0 spiro atoms. The van der Waals surface area contributed by atoms with Gasteiger partial charge in [0, 0.05) is 0 Å². The van der Waals surface area contributed by atoms with E-state index in [1.807, 2.05) is 0 Å². The minimum atomic E-state index is 0.384. The van der Waals surface area contributed by atoms with Crippen molar-refractivity contribution >= 4 is 0 Å². The Morgan fingerprint density at radius 1 is 0.643 bits per heavy atom. The molecule has 0 aliphatic carbocycles. The van der Waals surface area contributed by atoms with Crippen LogP contribution in [0.25, 0.3) is 0 Å². The topological polar surface area (TPSA) is 0 Å². The lowest BCUT2D eigenvalue weighted by atomic mass is 9.60. The largest absolute Gasteiger partial charge is 0.0625 e. The summed E-state index contributed by atoms with van der Waals surface area (Å²) >= 11 is 0. The van der Waals surface area contributed by atoms with Crippen LogP contribution >= 0.6 is 0 Å². The SMILES string of the molecule is CC(CCCCC(C)CC(C)(C)CC(C)(C)C(C)C(C)(C)C)CC(C)C(C)C. The van der Waals surface area contributed by atoms with Gasteiger partial charge in [-0.1, -0.05) is 116 Å². The van der Waals surface area contributed by atoms with E-state index in [-0.39, 0.29) is 0 Å². The average molecular weight is 395 g/mol. The van der Waals surface area contributed by atoms with Crippen LogP contribution in [0.3, 0.4) is 0 Å². The lowest BCUT2D eigenvalue weighted by Crippen LogP contribution is -2.36. The molecule has 0 nitrogen and oxygen atoms in total. The van der Waals surface area contributed by atoms with Crippen molar-refractivity contribution in [3.8, 4) is 0 Å². The van der Waals surface area contributed by atoms with E-state index in [9.17, 15) is 0 Å². The maximum atomic E-state index is 2.51. The van der Waals surface area contributed by atoms with Gasteiger partial charge in [-0.05, 0) is 65.1 Å². The van der Waals surface area contributed by atoms with Gasteiger partial charge in [0.15, 0.2) is 0 Å². The Morgan fingerprint density at radius 3 is 1.54 bits per heavy atom. The summed E-state index contributed by atoms with van der Waals surface area (Å²) < 4.78 is 0. The third kappa shape index (κ3) is 11.3. The number of unbranched alkanes of at least 4 members (excludes halogenated alkanes) is 1. The van der Waals surface area contributed by atoms with E-state index < -0.39 is 0 Å². The molecule has 0 aromatic carbocycles. The molecule has 0 N–H and O–H groups in total. The second kappa shape index (κ2) is 11.4.